The first-order valence-electron chi connectivity index (χ1n) is 11.5. The Kier molecular flexibility index (Phi) is 3.38. The third-order valence-electron chi connectivity index (χ3n) is 6.15. The normalized spacial score (nSPS) is 21.7. The van der Waals surface area contributed by atoms with E-state index >= 15 is 0 Å². The van der Waals surface area contributed by atoms with E-state index in [1.54, 1.807) is 0 Å². The maximum absolute atomic E-state index is 8.62. The number of anilines is 1. The summed E-state index contributed by atoms with van der Waals surface area (Å²) in [5, 5.41) is 0. The molecule has 2 heteroatoms. The van der Waals surface area contributed by atoms with Crippen molar-refractivity contribution in [2.45, 2.75) is 32.4 Å². The van der Waals surface area contributed by atoms with Crippen LogP contribution in [0.15, 0.2) is 108 Å². The molecule has 1 unspecified atom stereocenters. The number of rotatable bonds is 3. The van der Waals surface area contributed by atoms with Gasteiger partial charge in [0, 0.05) is 15.5 Å². The molecule has 3 aromatic carbocycles. The molecule has 0 amide bonds. The maximum atomic E-state index is 8.62. The number of hydrogen-bond donors (Lipinski definition) is 0. The molecule has 0 radical (unpaired) electrons. The van der Waals surface area contributed by atoms with E-state index in [-0.39, 0.29) is 0 Å². The molecule has 0 bridgehead atoms. The van der Waals surface area contributed by atoms with Crippen molar-refractivity contribution in [3.8, 4) is 0 Å². The number of hydrogen-bond acceptors (Lipinski definition) is 2. The molecule has 0 saturated carbocycles. The predicted octanol–water partition coefficient (Wildman–Crippen LogP) is 6.21. The Morgan fingerprint density at radius 1 is 0.793 bits per heavy atom. The van der Waals surface area contributed by atoms with Crippen LogP contribution in [0.2, 0.25) is 0 Å². The van der Waals surface area contributed by atoms with Crippen LogP contribution in [0, 0.1) is 6.92 Å². The molecule has 0 saturated heterocycles. The number of allylic oxidation sites excluding steroid dienone is 2. The molecule has 0 spiro atoms. The van der Waals surface area contributed by atoms with Crippen LogP contribution in [0.5, 0.6) is 0 Å². The van der Waals surface area contributed by atoms with Crippen LogP contribution in [-0.4, -0.2) is 11.1 Å². The van der Waals surface area contributed by atoms with Gasteiger partial charge in [-0.1, -0.05) is 78.9 Å². The van der Waals surface area contributed by atoms with Crippen molar-refractivity contribution in [1.82, 2.24) is 4.90 Å². The van der Waals surface area contributed by atoms with E-state index < -0.39 is 18.6 Å². The van der Waals surface area contributed by atoms with E-state index in [1.165, 1.54) is 0 Å². The van der Waals surface area contributed by atoms with Crippen LogP contribution < -0.4 is 4.90 Å². The van der Waals surface area contributed by atoms with Gasteiger partial charge in [-0.2, -0.15) is 0 Å². The zero-order valence-corrected chi connectivity index (χ0v) is 16.7. The highest BCUT2D eigenvalue weighted by Crippen LogP contribution is 2.51. The fourth-order valence-electron chi connectivity index (χ4n) is 4.76. The van der Waals surface area contributed by atoms with Gasteiger partial charge in [0.15, 0.2) is 0 Å². The summed E-state index contributed by atoms with van der Waals surface area (Å²) in [6.07, 6.45) is 3.41. The molecule has 29 heavy (non-hydrogen) atoms. The van der Waals surface area contributed by atoms with Gasteiger partial charge in [-0.05, 0) is 55.6 Å². The molecule has 2 nitrogen and oxygen atoms in total. The van der Waals surface area contributed by atoms with Crippen LogP contribution in [0.4, 0.5) is 5.69 Å². The lowest BCUT2D eigenvalue weighted by atomic mass is 9.82. The van der Waals surface area contributed by atoms with Crippen LogP contribution in [0.25, 0.3) is 0 Å². The summed E-state index contributed by atoms with van der Waals surface area (Å²) in [6.45, 7) is 1.81. The molecule has 2 aliphatic heterocycles. The average molecular weight is 382 g/mol. The third-order valence-corrected chi connectivity index (χ3v) is 6.15. The van der Waals surface area contributed by atoms with E-state index in [4.69, 9.17) is 4.11 Å². The average Bonchev–Trinajstić information content (AvgIpc) is 3.32. The van der Waals surface area contributed by atoms with Crippen molar-refractivity contribution in [3.05, 3.63) is 125 Å². The Hall–Kier alpha value is -3.26. The van der Waals surface area contributed by atoms with Gasteiger partial charge in [-0.3, -0.25) is 0 Å². The monoisotopic (exact) mass is 381 g/mol. The molecule has 3 aromatic rings. The van der Waals surface area contributed by atoms with Crippen LogP contribution in [0.1, 0.15) is 34.6 Å². The summed E-state index contributed by atoms with van der Waals surface area (Å²) in [5.74, 6) is 0. The molecule has 0 fully saturated rings. The van der Waals surface area contributed by atoms with E-state index in [0.29, 0.717) is 0 Å². The topological polar surface area (TPSA) is 6.48 Å². The number of aryl methyl sites for hydroxylation is 1. The summed E-state index contributed by atoms with van der Waals surface area (Å²) in [4.78, 5) is 4.11. The van der Waals surface area contributed by atoms with E-state index in [1.807, 2.05) is 79.4 Å². The zero-order valence-electron chi connectivity index (χ0n) is 19.7. The first-order chi connectivity index (χ1) is 15.4. The van der Waals surface area contributed by atoms with Gasteiger partial charge >= 0.3 is 0 Å². The summed E-state index contributed by atoms with van der Waals surface area (Å²) >= 11 is 0. The van der Waals surface area contributed by atoms with E-state index in [9.17, 15) is 0 Å². The second-order valence-electron chi connectivity index (χ2n) is 7.70. The Morgan fingerprint density at radius 3 is 1.97 bits per heavy atom. The summed E-state index contributed by atoms with van der Waals surface area (Å²) in [5.41, 5.74) is 5.26. The van der Waals surface area contributed by atoms with E-state index in [2.05, 4.69) is 41.3 Å². The highest BCUT2D eigenvalue weighted by atomic mass is 15.4. The molecule has 2 heterocycles. The highest BCUT2D eigenvalue weighted by Gasteiger charge is 2.50. The lowest BCUT2D eigenvalue weighted by molar-refractivity contribution is 0.201. The molecule has 144 valence electrons. The molecular formula is C27H26N2. The largest absolute Gasteiger partial charge is 0.332 e. The maximum Gasteiger partial charge on any atom is 0.112 e. The molecule has 2 aliphatic rings. The Bertz CT molecular complexity index is 1160. The standard InChI is InChI=1S/C27H26N2/c1-20-12-10-11-17-25(20)28-21(2)26-18-19-27(29(26)22(28)3,23-13-6-4-7-14-23)24-15-8-5-9-16-24/h4-19,22H,1-3H3/i3D3. The molecule has 0 aliphatic carbocycles. The number of para-hydroxylation sites is 1. The lowest BCUT2D eigenvalue weighted by Gasteiger charge is -2.44. The highest BCUT2D eigenvalue weighted by molar-refractivity contribution is 5.64. The van der Waals surface area contributed by atoms with Crippen LogP contribution >= 0.6 is 0 Å². The Morgan fingerprint density at radius 2 is 1.38 bits per heavy atom. The van der Waals surface area contributed by atoms with Crippen LogP contribution in [0.3, 0.4) is 0 Å². The summed E-state index contributed by atoms with van der Waals surface area (Å²) < 4.78 is 25.9. The molecule has 5 rings (SSSR count). The second kappa shape index (κ2) is 6.66. The second-order valence-corrected chi connectivity index (χ2v) is 7.70. The van der Waals surface area contributed by atoms with Gasteiger partial charge in [0.25, 0.3) is 0 Å². The molecule has 0 N–H and O–H groups in total. The first kappa shape index (κ1) is 14.7. The summed E-state index contributed by atoms with van der Waals surface area (Å²) in [7, 11) is 0. The smallest absolute Gasteiger partial charge is 0.112 e. The summed E-state index contributed by atoms with van der Waals surface area (Å²) in [6, 6.07) is 28.4. The van der Waals surface area contributed by atoms with E-state index in [0.717, 1.165) is 33.8 Å². The lowest BCUT2D eigenvalue weighted by Crippen LogP contribution is -2.49. The number of nitrogens with zero attached hydrogens (tertiary/aromatic N) is 2. The fraction of sp³-hybridized carbons (Fsp3) is 0.185. The van der Waals surface area contributed by atoms with Gasteiger partial charge in [-0.25, -0.2) is 0 Å². The minimum atomic E-state index is -2.24. The van der Waals surface area contributed by atoms with Gasteiger partial charge in [0.1, 0.15) is 11.7 Å². The number of benzene rings is 3. The minimum absolute atomic E-state index is 0.713. The van der Waals surface area contributed by atoms with Crippen molar-refractivity contribution >= 4 is 5.69 Å². The molecular weight excluding hydrogens is 352 g/mol. The fourth-order valence-corrected chi connectivity index (χ4v) is 4.76. The minimum Gasteiger partial charge on any atom is -0.332 e. The van der Waals surface area contributed by atoms with Gasteiger partial charge in [0.2, 0.25) is 0 Å². The predicted molar refractivity (Wildman–Crippen MR) is 120 cm³/mol. The van der Waals surface area contributed by atoms with Gasteiger partial charge in [0.05, 0.1) is 5.70 Å². The number of fused-ring (bicyclic) bond motifs is 1. The quantitative estimate of drug-likeness (QED) is 0.532. The van der Waals surface area contributed by atoms with Crippen molar-refractivity contribution in [2.75, 3.05) is 4.90 Å². The Labute approximate surface area is 177 Å². The SMILES string of the molecule is [2H]C([2H])([2H])C1N(c2ccccc2C)C(C)=C2C=CC(c3ccccc3)(c3ccccc3)N21. The van der Waals surface area contributed by atoms with Gasteiger partial charge < -0.3 is 9.80 Å². The third kappa shape index (κ3) is 2.49. The molecule has 0 aromatic heterocycles. The zero-order chi connectivity index (χ0) is 22.5. The van der Waals surface area contributed by atoms with Crippen molar-refractivity contribution in [1.29, 1.82) is 0 Å². The van der Waals surface area contributed by atoms with Crippen molar-refractivity contribution in [3.63, 3.8) is 0 Å². The van der Waals surface area contributed by atoms with Gasteiger partial charge in [-0.15, -0.1) is 0 Å². The van der Waals surface area contributed by atoms with Crippen molar-refractivity contribution < 1.29 is 4.11 Å². The Balaban J connectivity index is 1.79. The molecule has 1 atom stereocenters. The van der Waals surface area contributed by atoms with Crippen molar-refractivity contribution in [2.24, 2.45) is 0 Å². The first-order valence-corrected chi connectivity index (χ1v) is 10.0. The van der Waals surface area contributed by atoms with Crippen LogP contribution in [-0.2, 0) is 5.54 Å².